The van der Waals surface area contributed by atoms with Gasteiger partial charge in [-0.25, -0.2) is 4.79 Å². The fourth-order valence-corrected chi connectivity index (χ4v) is 3.37. The van der Waals surface area contributed by atoms with Gasteiger partial charge in [-0.2, -0.15) is 13.2 Å². The van der Waals surface area contributed by atoms with Crippen LogP contribution in [0.5, 0.6) is 11.5 Å². The van der Waals surface area contributed by atoms with Crippen LogP contribution < -0.4 is 19.7 Å². The maximum Gasteiger partial charge on any atom is 0.416 e. The summed E-state index contributed by atoms with van der Waals surface area (Å²) in [5.41, 5.74) is -0.404. The molecule has 1 fully saturated rings. The number of ether oxygens (including phenoxy) is 4. The smallest absolute Gasteiger partial charge is 0.416 e. The Labute approximate surface area is 194 Å². The fraction of sp³-hybridized carbons (Fsp3) is 0.391. The third-order valence-corrected chi connectivity index (χ3v) is 5.21. The molecule has 0 bridgehead atoms. The van der Waals surface area contributed by atoms with Crippen molar-refractivity contribution >= 4 is 23.3 Å². The highest BCUT2D eigenvalue weighted by atomic mass is 19.4. The number of alkyl halides is 3. The molecule has 0 unspecified atom stereocenters. The largest absolute Gasteiger partial charge is 0.493 e. The monoisotopic (exact) mass is 482 g/mol. The first-order chi connectivity index (χ1) is 16.1. The van der Waals surface area contributed by atoms with Crippen LogP contribution in [-0.4, -0.2) is 58.5 Å². The Morgan fingerprint density at radius 1 is 1.03 bits per heavy atom. The summed E-state index contributed by atoms with van der Waals surface area (Å²) < 4.78 is 60.6. The van der Waals surface area contributed by atoms with Crippen molar-refractivity contribution in [2.75, 3.05) is 50.7 Å². The highest BCUT2D eigenvalue weighted by Gasteiger charge is 2.32. The molecule has 34 heavy (non-hydrogen) atoms. The molecule has 0 aliphatic carbocycles. The van der Waals surface area contributed by atoms with E-state index in [4.69, 9.17) is 18.9 Å². The van der Waals surface area contributed by atoms with Gasteiger partial charge in [-0.15, -0.1) is 0 Å². The zero-order valence-corrected chi connectivity index (χ0v) is 18.9. The van der Waals surface area contributed by atoms with E-state index in [1.807, 2.05) is 4.90 Å². The normalized spacial score (nSPS) is 14.8. The lowest BCUT2D eigenvalue weighted by Gasteiger charge is -2.31. The van der Waals surface area contributed by atoms with E-state index in [2.05, 4.69) is 5.32 Å². The van der Waals surface area contributed by atoms with Crippen molar-refractivity contribution in [1.29, 1.82) is 0 Å². The van der Waals surface area contributed by atoms with E-state index in [0.29, 0.717) is 43.5 Å². The number of morpholine rings is 1. The van der Waals surface area contributed by atoms with Crippen LogP contribution in [-0.2, 0) is 20.4 Å². The van der Waals surface area contributed by atoms with Gasteiger partial charge in [-0.3, -0.25) is 4.79 Å². The molecular weight excluding hydrogens is 457 g/mol. The second-order valence-corrected chi connectivity index (χ2v) is 7.44. The minimum absolute atomic E-state index is 0.0317. The summed E-state index contributed by atoms with van der Waals surface area (Å²) in [6, 6.07) is 7.49. The molecule has 184 valence electrons. The van der Waals surface area contributed by atoms with Crippen LogP contribution >= 0.6 is 0 Å². The summed E-state index contributed by atoms with van der Waals surface area (Å²) in [6.07, 6.45) is -5.87. The van der Waals surface area contributed by atoms with Gasteiger partial charge in [-0.1, -0.05) is 0 Å². The average molecular weight is 482 g/mol. The predicted molar refractivity (Wildman–Crippen MR) is 118 cm³/mol. The second-order valence-electron chi connectivity index (χ2n) is 7.44. The van der Waals surface area contributed by atoms with Crippen molar-refractivity contribution in [2.45, 2.75) is 19.2 Å². The molecule has 0 aromatic heterocycles. The molecule has 1 N–H and O–H groups in total. The highest BCUT2D eigenvalue weighted by molar-refractivity contribution is 5.99. The SMILES string of the molecule is COc1ccc(C(=O)O[C@@H](C)C(=O)Nc2cc(C(F)(F)F)ccc2N2CCOCC2)cc1OC. The number of rotatable bonds is 7. The van der Waals surface area contributed by atoms with Crippen molar-refractivity contribution in [3.8, 4) is 11.5 Å². The summed E-state index contributed by atoms with van der Waals surface area (Å²) in [5.74, 6) is -0.873. The van der Waals surface area contributed by atoms with Crippen LogP contribution in [0.25, 0.3) is 0 Å². The first-order valence-corrected chi connectivity index (χ1v) is 10.4. The summed E-state index contributed by atoms with van der Waals surface area (Å²) in [6.45, 7) is 3.06. The van der Waals surface area contributed by atoms with E-state index in [1.54, 1.807) is 0 Å². The van der Waals surface area contributed by atoms with Gasteiger partial charge in [0.25, 0.3) is 5.91 Å². The molecule has 8 nitrogen and oxygen atoms in total. The number of anilines is 2. The summed E-state index contributed by atoms with van der Waals surface area (Å²) >= 11 is 0. The Bertz CT molecular complexity index is 1040. The fourth-order valence-electron chi connectivity index (χ4n) is 3.37. The first kappa shape index (κ1) is 25.2. The summed E-state index contributed by atoms with van der Waals surface area (Å²) in [7, 11) is 2.85. The van der Waals surface area contributed by atoms with E-state index in [-0.39, 0.29) is 11.3 Å². The number of hydrogen-bond donors (Lipinski definition) is 1. The summed E-state index contributed by atoms with van der Waals surface area (Å²) in [5, 5.41) is 2.47. The molecule has 2 aromatic carbocycles. The van der Waals surface area contributed by atoms with Gasteiger partial charge in [0.15, 0.2) is 17.6 Å². The van der Waals surface area contributed by atoms with Gasteiger partial charge >= 0.3 is 12.1 Å². The van der Waals surface area contributed by atoms with Gasteiger partial charge in [-0.05, 0) is 43.3 Å². The highest BCUT2D eigenvalue weighted by Crippen LogP contribution is 2.36. The van der Waals surface area contributed by atoms with Crippen LogP contribution in [0.1, 0.15) is 22.8 Å². The lowest BCUT2D eigenvalue weighted by molar-refractivity contribution is -0.137. The Morgan fingerprint density at radius 3 is 2.32 bits per heavy atom. The molecule has 3 rings (SSSR count). The molecule has 11 heteroatoms. The molecular formula is C23H25F3N2O6. The average Bonchev–Trinajstić information content (AvgIpc) is 2.83. The van der Waals surface area contributed by atoms with Crippen LogP contribution in [0.4, 0.5) is 24.5 Å². The van der Waals surface area contributed by atoms with E-state index < -0.39 is 29.7 Å². The number of nitrogens with one attached hydrogen (secondary N) is 1. The number of carbonyl (C=O) groups excluding carboxylic acids is 2. The van der Waals surface area contributed by atoms with Crippen LogP contribution in [0, 0.1) is 0 Å². The molecule has 2 aromatic rings. The standard InChI is InChI=1S/C23H25F3N2O6/c1-14(34-22(30)15-4-7-19(31-2)20(12-15)32-3)21(29)27-17-13-16(23(24,25)26)5-6-18(17)28-8-10-33-11-9-28/h4-7,12-14H,8-11H2,1-3H3,(H,27,29)/t14-/m0/s1. The van der Waals surface area contributed by atoms with Crippen molar-refractivity contribution in [1.82, 2.24) is 0 Å². The van der Waals surface area contributed by atoms with Gasteiger partial charge in [0, 0.05) is 13.1 Å². The van der Waals surface area contributed by atoms with Crippen LogP contribution in [0.2, 0.25) is 0 Å². The molecule has 1 heterocycles. The van der Waals surface area contributed by atoms with Crippen LogP contribution in [0.15, 0.2) is 36.4 Å². The molecule has 1 saturated heterocycles. The minimum atomic E-state index is -4.59. The third kappa shape index (κ3) is 5.90. The Kier molecular flexibility index (Phi) is 7.87. The van der Waals surface area contributed by atoms with Crippen molar-refractivity contribution in [3.05, 3.63) is 47.5 Å². The second kappa shape index (κ2) is 10.6. The van der Waals surface area contributed by atoms with Crippen molar-refractivity contribution < 1.29 is 41.7 Å². The number of methoxy groups -OCH3 is 2. The molecule has 0 radical (unpaired) electrons. The topological polar surface area (TPSA) is 86.3 Å². The predicted octanol–water partition coefficient (Wildman–Crippen LogP) is 3.74. The quantitative estimate of drug-likeness (QED) is 0.602. The maximum atomic E-state index is 13.3. The maximum absolute atomic E-state index is 13.3. The van der Waals surface area contributed by atoms with E-state index in [9.17, 15) is 22.8 Å². The van der Waals surface area contributed by atoms with Gasteiger partial charge in [0.2, 0.25) is 0 Å². The number of nitrogens with zero attached hydrogens (tertiary/aromatic N) is 1. The lowest BCUT2D eigenvalue weighted by atomic mass is 10.1. The number of halogens is 3. The first-order valence-electron chi connectivity index (χ1n) is 10.4. The molecule has 1 aliphatic rings. The van der Waals surface area contributed by atoms with Crippen molar-refractivity contribution in [2.24, 2.45) is 0 Å². The number of amides is 1. The minimum Gasteiger partial charge on any atom is -0.493 e. The number of hydrogen-bond acceptors (Lipinski definition) is 7. The van der Waals surface area contributed by atoms with E-state index in [0.717, 1.165) is 12.1 Å². The molecule has 1 amide bonds. The Morgan fingerprint density at radius 2 is 1.71 bits per heavy atom. The zero-order chi connectivity index (χ0) is 24.9. The zero-order valence-electron chi connectivity index (χ0n) is 18.9. The van der Waals surface area contributed by atoms with Gasteiger partial charge < -0.3 is 29.2 Å². The Hall–Kier alpha value is -3.47. The van der Waals surface area contributed by atoms with Gasteiger partial charge in [0.1, 0.15) is 0 Å². The lowest BCUT2D eigenvalue weighted by Crippen LogP contribution is -2.37. The molecule has 0 spiro atoms. The van der Waals surface area contributed by atoms with Crippen molar-refractivity contribution in [3.63, 3.8) is 0 Å². The number of carbonyl (C=O) groups is 2. The molecule has 1 atom stereocenters. The number of esters is 1. The van der Waals surface area contributed by atoms with E-state index in [1.165, 1.54) is 45.4 Å². The van der Waals surface area contributed by atoms with Crippen LogP contribution in [0.3, 0.4) is 0 Å². The third-order valence-electron chi connectivity index (χ3n) is 5.21. The molecule has 1 aliphatic heterocycles. The van der Waals surface area contributed by atoms with E-state index >= 15 is 0 Å². The summed E-state index contributed by atoms with van der Waals surface area (Å²) in [4.78, 5) is 27.1. The Balaban J connectivity index is 1.77. The number of benzene rings is 2. The van der Waals surface area contributed by atoms with Gasteiger partial charge in [0.05, 0.1) is 49.9 Å². The molecule has 0 saturated carbocycles.